The van der Waals surface area contributed by atoms with Crippen LogP contribution in [0.3, 0.4) is 0 Å². The van der Waals surface area contributed by atoms with Crippen molar-refractivity contribution in [3.63, 3.8) is 0 Å². The lowest BCUT2D eigenvalue weighted by molar-refractivity contribution is 0.185. The van der Waals surface area contributed by atoms with Crippen LogP contribution in [-0.2, 0) is 6.42 Å². The molecule has 1 aliphatic rings. The standard InChI is InChI=1S/C14H22N2O/c1-16-8-7-14(15)12(10-16)9-11-3-5-13(17-2)6-4-11/h3-6,12,14H,7-10,15H2,1-2H3. The fraction of sp³-hybridized carbons (Fsp3) is 0.571. The number of rotatable bonds is 3. The molecule has 1 aliphatic heterocycles. The second-order valence-corrected chi connectivity index (χ2v) is 5.03. The molecule has 1 aromatic carbocycles. The number of piperidine rings is 1. The first-order valence-electron chi connectivity index (χ1n) is 6.26. The van der Waals surface area contributed by atoms with E-state index >= 15 is 0 Å². The van der Waals surface area contributed by atoms with Crippen LogP contribution >= 0.6 is 0 Å². The van der Waals surface area contributed by atoms with E-state index in [0.29, 0.717) is 12.0 Å². The Morgan fingerprint density at radius 1 is 1.35 bits per heavy atom. The summed E-state index contributed by atoms with van der Waals surface area (Å²) in [5.74, 6) is 1.49. The van der Waals surface area contributed by atoms with Gasteiger partial charge >= 0.3 is 0 Å². The van der Waals surface area contributed by atoms with Crippen LogP contribution in [0.5, 0.6) is 5.75 Å². The molecular formula is C14H22N2O. The molecule has 1 heterocycles. The van der Waals surface area contributed by atoms with Gasteiger partial charge in [0.15, 0.2) is 0 Å². The second kappa shape index (κ2) is 5.52. The van der Waals surface area contributed by atoms with Crippen LogP contribution in [0.1, 0.15) is 12.0 Å². The summed E-state index contributed by atoms with van der Waals surface area (Å²) >= 11 is 0. The minimum Gasteiger partial charge on any atom is -0.497 e. The molecule has 0 bridgehead atoms. The lowest BCUT2D eigenvalue weighted by Crippen LogP contribution is -2.46. The van der Waals surface area contributed by atoms with Crippen LogP contribution in [0.2, 0.25) is 0 Å². The summed E-state index contributed by atoms with van der Waals surface area (Å²) in [5.41, 5.74) is 7.54. The average molecular weight is 234 g/mol. The molecule has 2 rings (SSSR count). The molecule has 2 unspecified atom stereocenters. The van der Waals surface area contributed by atoms with Crippen molar-refractivity contribution in [3.05, 3.63) is 29.8 Å². The highest BCUT2D eigenvalue weighted by molar-refractivity contribution is 5.27. The molecule has 2 atom stereocenters. The zero-order valence-corrected chi connectivity index (χ0v) is 10.7. The molecule has 0 aromatic heterocycles. The van der Waals surface area contributed by atoms with E-state index in [1.807, 2.05) is 12.1 Å². The summed E-state index contributed by atoms with van der Waals surface area (Å²) < 4.78 is 5.16. The van der Waals surface area contributed by atoms with Gasteiger partial charge in [-0.3, -0.25) is 0 Å². The van der Waals surface area contributed by atoms with Gasteiger partial charge < -0.3 is 15.4 Å². The summed E-state index contributed by atoms with van der Waals surface area (Å²) in [6.07, 6.45) is 2.17. The molecule has 1 saturated heterocycles. The van der Waals surface area contributed by atoms with Crippen molar-refractivity contribution < 1.29 is 4.74 Å². The van der Waals surface area contributed by atoms with E-state index in [4.69, 9.17) is 10.5 Å². The number of likely N-dealkylation sites (tertiary alicyclic amines) is 1. The van der Waals surface area contributed by atoms with E-state index in [2.05, 4.69) is 24.1 Å². The van der Waals surface area contributed by atoms with E-state index in [9.17, 15) is 0 Å². The van der Waals surface area contributed by atoms with Crippen LogP contribution in [0.4, 0.5) is 0 Å². The van der Waals surface area contributed by atoms with Crippen molar-refractivity contribution >= 4 is 0 Å². The number of hydrogen-bond donors (Lipinski definition) is 1. The maximum absolute atomic E-state index is 6.19. The first-order chi connectivity index (χ1) is 8.19. The lowest BCUT2D eigenvalue weighted by atomic mass is 9.87. The van der Waals surface area contributed by atoms with E-state index in [1.165, 1.54) is 5.56 Å². The van der Waals surface area contributed by atoms with E-state index < -0.39 is 0 Å². The molecule has 1 fully saturated rings. The number of nitrogens with two attached hydrogens (primary N) is 1. The molecule has 0 radical (unpaired) electrons. The minimum absolute atomic E-state index is 0.341. The number of ether oxygens (including phenoxy) is 1. The van der Waals surface area contributed by atoms with E-state index in [1.54, 1.807) is 7.11 Å². The van der Waals surface area contributed by atoms with Gasteiger partial charge in [-0.15, -0.1) is 0 Å². The Hall–Kier alpha value is -1.06. The molecule has 2 N–H and O–H groups in total. The zero-order chi connectivity index (χ0) is 12.3. The molecule has 3 nitrogen and oxygen atoms in total. The SMILES string of the molecule is COc1ccc(CC2CN(C)CCC2N)cc1. The predicted molar refractivity (Wildman–Crippen MR) is 70.3 cm³/mol. The molecule has 94 valence electrons. The molecular weight excluding hydrogens is 212 g/mol. The maximum atomic E-state index is 6.19. The molecule has 0 saturated carbocycles. The highest BCUT2D eigenvalue weighted by atomic mass is 16.5. The molecule has 1 aromatic rings. The quantitative estimate of drug-likeness (QED) is 0.861. The Morgan fingerprint density at radius 3 is 2.71 bits per heavy atom. The van der Waals surface area contributed by atoms with Crippen LogP contribution in [-0.4, -0.2) is 38.2 Å². The van der Waals surface area contributed by atoms with Gasteiger partial charge in [0.1, 0.15) is 5.75 Å². The molecule has 0 amide bonds. The van der Waals surface area contributed by atoms with Crippen molar-refractivity contribution in [3.8, 4) is 5.75 Å². The predicted octanol–water partition coefficient (Wildman–Crippen LogP) is 1.52. The Labute approximate surface area is 104 Å². The summed E-state index contributed by atoms with van der Waals surface area (Å²) in [7, 11) is 3.87. The summed E-state index contributed by atoms with van der Waals surface area (Å²) in [5, 5.41) is 0. The molecule has 0 spiro atoms. The van der Waals surface area contributed by atoms with Gasteiger partial charge in [-0.05, 0) is 50.0 Å². The van der Waals surface area contributed by atoms with Gasteiger partial charge in [0.25, 0.3) is 0 Å². The monoisotopic (exact) mass is 234 g/mol. The number of benzene rings is 1. The molecule has 0 aliphatic carbocycles. The third-order valence-electron chi connectivity index (χ3n) is 3.65. The van der Waals surface area contributed by atoms with E-state index in [0.717, 1.165) is 31.7 Å². The minimum atomic E-state index is 0.341. The van der Waals surface area contributed by atoms with Gasteiger partial charge in [0, 0.05) is 12.6 Å². The topological polar surface area (TPSA) is 38.5 Å². The molecule has 3 heteroatoms. The van der Waals surface area contributed by atoms with Crippen molar-refractivity contribution in [1.29, 1.82) is 0 Å². The van der Waals surface area contributed by atoms with Crippen molar-refractivity contribution in [1.82, 2.24) is 4.90 Å². The highest BCUT2D eigenvalue weighted by Gasteiger charge is 2.24. The Bertz CT molecular complexity index is 350. The average Bonchev–Trinajstić information content (AvgIpc) is 2.35. The zero-order valence-electron chi connectivity index (χ0n) is 10.7. The number of methoxy groups -OCH3 is 1. The number of hydrogen-bond acceptors (Lipinski definition) is 3. The maximum Gasteiger partial charge on any atom is 0.118 e. The van der Waals surface area contributed by atoms with Crippen LogP contribution < -0.4 is 10.5 Å². The van der Waals surface area contributed by atoms with Crippen molar-refractivity contribution in [2.24, 2.45) is 11.7 Å². The second-order valence-electron chi connectivity index (χ2n) is 5.03. The van der Waals surface area contributed by atoms with E-state index in [-0.39, 0.29) is 0 Å². The van der Waals surface area contributed by atoms with Gasteiger partial charge in [0.2, 0.25) is 0 Å². The summed E-state index contributed by atoms with van der Waals surface area (Å²) in [6, 6.07) is 8.66. The first kappa shape index (κ1) is 12.4. The normalized spacial score (nSPS) is 25.8. The van der Waals surface area contributed by atoms with Crippen LogP contribution in [0.25, 0.3) is 0 Å². The Balaban J connectivity index is 1.98. The third kappa shape index (κ3) is 3.20. The Kier molecular flexibility index (Phi) is 4.02. The van der Waals surface area contributed by atoms with Gasteiger partial charge in [-0.25, -0.2) is 0 Å². The van der Waals surface area contributed by atoms with Crippen LogP contribution in [0.15, 0.2) is 24.3 Å². The first-order valence-corrected chi connectivity index (χ1v) is 6.26. The lowest BCUT2D eigenvalue weighted by Gasteiger charge is -2.34. The summed E-state index contributed by atoms with van der Waals surface area (Å²) in [4.78, 5) is 2.37. The fourth-order valence-corrected chi connectivity index (χ4v) is 2.51. The van der Waals surface area contributed by atoms with Crippen LogP contribution in [0, 0.1) is 5.92 Å². The summed E-state index contributed by atoms with van der Waals surface area (Å²) in [6.45, 7) is 2.23. The molecule has 17 heavy (non-hydrogen) atoms. The smallest absolute Gasteiger partial charge is 0.118 e. The van der Waals surface area contributed by atoms with Crippen molar-refractivity contribution in [2.45, 2.75) is 18.9 Å². The number of nitrogens with zero attached hydrogens (tertiary/aromatic N) is 1. The highest BCUT2D eigenvalue weighted by Crippen LogP contribution is 2.20. The van der Waals surface area contributed by atoms with Gasteiger partial charge in [-0.2, -0.15) is 0 Å². The van der Waals surface area contributed by atoms with Gasteiger partial charge in [-0.1, -0.05) is 12.1 Å². The Morgan fingerprint density at radius 2 is 2.06 bits per heavy atom. The largest absolute Gasteiger partial charge is 0.497 e. The van der Waals surface area contributed by atoms with Crippen molar-refractivity contribution in [2.75, 3.05) is 27.2 Å². The van der Waals surface area contributed by atoms with Gasteiger partial charge in [0.05, 0.1) is 7.11 Å². The third-order valence-corrected chi connectivity index (χ3v) is 3.65. The fourth-order valence-electron chi connectivity index (χ4n) is 2.51.